The lowest BCUT2D eigenvalue weighted by atomic mass is 10.0. The minimum Gasteiger partial charge on any atom is -0.395 e. The van der Waals surface area contributed by atoms with Crippen molar-refractivity contribution >= 4 is 23.4 Å². The number of carbonyl (C=O) groups is 3. The van der Waals surface area contributed by atoms with Crippen LogP contribution in [0.25, 0.3) is 11.1 Å². The number of rotatable bonds is 10. The number of hydrogen-bond donors (Lipinski definition) is 7. The topological polar surface area (TPSA) is 166 Å². The summed E-state index contributed by atoms with van der Waals surface area (Å²) in [5.74, 6) is -1.50. The third-order valence-corrected chi connectivity index (χ3v) is 4.19. The van der Waals surface area contributed by atoms with Crippen LogP contribution in [-0.4, -0.2) is 60.3 Å². The number of amides is 3. The SMILES string of the molecule is NC[C@H](NC(=O)c1ccc(-c2ccc(NC(=O)CNCCO)cc2)cc1)C(=O)NO. The van der Waals surface area contributed by atoms with Crippen molar-refractivity contribution in [1.29, 1.82) is 0 Å². The number of anilines is 1. The molecular weight excluding hydrogens is 390 g/mol. The first-order chi connectivity index (χ1) is 14.5. The molecule has 2 aromatic carbocycles. The summed E-state index contributed by atoms with van der Waals surface area (Å²) in [6, 6.07) is 12.9. The van der Waals surface area contributed by atoms with Crippen molar-refractivity contribution < 1.29 is 24.7 Å². The Kier molecular flexibility index (Phi) is 8.91. The molecule has 2 rings (SSSR count). The summed E-state index contributed by atoms with van der Waals surface area (Å²) in [4.78, 5) is 35.4. The minimum atomic E-state index is -1.04. The Balaban J connectivity index is 1.98. The zero-order valence-corrected chi connectivity index (χ0v) is 16.2. The lowest BCUT2D eigenvalue weighted by Gasteiger charge is -2.14. The summed E-state index contributed by atoms with van der Waals surface area (Å²) < 4.78 is 0. The Labute approximate surface area is 173 Å². The number of nitrogens with one attached hydrogen (secondary N) is 4. The number of carbonyl (C=O) groups excluding carboxylic acids is 3. The molecule has 0 aromatic heterocycles. The molecule has 160 valence electrons. The van der Waals surface area contributed by atoms with Crippen LogP contribution in [0.4, 0.5) is 5.69 Å². The molecule has 8 N–H and O–H groups in total. The summed E-state index contributed by atoms with van der Waals surface area (Å²) in [6.45, 7) is 0.267. The monoisotopic (exact) mass is 415 g/mol. The highest BCUT2D eigenvalue weighted by molar-refractivity contribution is 5.98. The molecule has 0 bridgehead atoms. The average molecular weight is 415 g/mol. The zero-order valence-electron chi connectivity index (χ0n) is 16.2. The van der Waals surface area contributed by atoms with E-state index in [0.717, 1.165) is 11.1 Å². The highest BCUT2D eigenvalue weighted by Gasteiger charge is 2.19. The second-order valence-corrected chi connectivity index (χ2v) is 6.34. The van der Waals surface area contributed by atoms with Crippen LogP contribution in [-0.2, 0) is 9.59 Å². The van der Waals surface area contributed by atoms with Crippen LogP contribution < -0.4 is 27.2 Å². The van der Waals surface area contributed by atoms with Crippen LogP contribution in [0.2, 0.25) is 0 Å². The Bertz CT molecular complexity index is 855. The predicted octanol–water partition coefficient (Wildman–Crippen LogP) is -0.563. The summed E-state index contributed by atoms with van der Waals surface area (Å²) in [7, 11) is 0. The van der Waals surface area contributed by atoms with Gasteiger partial charge in [0.05, 0.1) is 13.2 Å². The molecule has 0 aliphatic carbocycles. The summed E-state index contributed by atoms with van der Waals surface area (Å²) >= 11 is 0. The molecule has 1 atom stereocenters. The lowest BCUT2D eigenvalue weighted by molar-refractivity contribution is -0.130. The zero-order chi connectivity index (χ0) is 21.9. The van der Waals surface area contributed by atoms with Crippen molar-refractivity contribution in [3.63, 3.8) is 0 Å². The van der Waals surface area contributed by atoms with Crippen LogP contribution in [0.1, 0.15) is 10.4 Å². The van der Waals surface area contributed by atoms with Crippen molar-refractivity contribution in [2.24, 2.45) is 5.73 Å². The van der Waals surface area contributed by atoms with Crippen LogP contribution >= 0.6 is 0 Å². The van der Waals surface area contributed by atoms with E-state index in [1.165, 1.54) is 5.48 Å². The van der Waals surface area contributed by atoms with Gasteiger partial charge in [-0.05, 0) is 35.4 Å². The molecule has 0 radical (unpaired) electrons. The highest BCUT2D eigenvalue weighted by atomic mass is 16.5. The van der Waals surface area contributed by atoms with Gasteiger partial charge in [0.25, 0.3) is 11.8 Å². The smallest absolute Gasteiger partial charge is 0.267 e. The molecule has 0 unspecified atom stereocenters. The van der Waals surface area contributed by atoms with Gasteiger partial charge in [0.2, 0.25) is 5.91 Å². The molecule has 3 amide bonds. The van der Waals surface area contributed by atoms with E-state index in [4.69, 9.17) is 16.0 Å². The van der Waals surface area contributed by atoms with Crippen LogP contribution in [0.3, 0.4) is 0 Å². The van der Waals surface area contributed by atoms with Gasteiger partial charge in [-0.2, -0.15) is 0 Å². The number of benzene rings is 2. The molecule has 0 spiro atoms. The fourth-order valence-corrected chi connectivity index (χ4v) is 2.60. The third kappa shape index (κ3) is 6.64. The molecule has 2 aromatic rings. The molecule has 0 heterocycles. The van der Waals surface area contributed by atoms with Gasteiger partial charge < -0.3 is 26.8 Å². The fraction of sp³-hybridized carbons (Fsp3) is 0.250. The number of nitrogens with two attached hydrogens (primary N) is 1. The highest BCUT2D eigenvalue weighted by Crippen LogP contribution is 2.22. The number of aliphatic hydroxyl groups excluding tert-OH is 1. The maximum Gasteiger partial charge on any atom is 0.267 e. The van der Waals surface area contributed by atoms with Crippen LogP contribution in [0.15, 0.2) is 48.5 Å². The van der Waals surface area contributed by atoms with Gasteiger partial charge in [-0.1, -0.05) is 24.3 Å². The summed E-state index contributed by atoms with van der Waals surface area (Å²) in [6.07, 6.45) is 0. The Hall–Kier alpha value is -3.31. The van der Waals surface area contributed by atoms with Gasteiger partial charge in [-0.3, -0.25) is 19.6 Å². The first-order valence-corrected chi connectivity index (χ1v) is 9.25. The molecule has 10 nitrogen and oxygen atoms in total. The van der Waals surface area contributed by atoms with Crippen molar-refractivity contribution in [2.45, 2.75) is 6.04 Å². The van der Waals surface area contributed by atoms with Crippen molar-refractivity contribution in [3.8, 4) is 11.1 Å². The number of hydroxylamine groups is 1. The predicted molar refractivity (Wildman–Crippen MR) is 111 cm³/mol. The second kappa shape index (κ2) is 11.6. The first kappa shape index (κ1) is 23.0. The standard InChI is InChI=1S/C20H25N5O5/c21-11-17(20(29)25-30)24-19(28)15-3-1-13(2-4-15)14-5-7-16(8-6-14)23-18(27)12-22-9-10-26/h1-8,17,22,26,30H,9-12,21H2,(H,23,27)(H,24,28)(H,25,29)/t17-/m0/s1. The molecule has 10 heteroatoms. The average Bonchev–Trinajstić information content (AvgIpc) is 2.77. The number of aliphatic hydroxyl groups is 1. The quantitative estimate of drug-likeness (QED) is 0.155. The summed E-state index contributed by atoms with van der Waals surface area (Å²) in [5.41, 5.74) is 9.60. The van der Waals surface area contributed by atoms with E-state index >= 15 is 0 Å². The van der Waals surface area contributed by atoms with Gasteiger partial charge in [0.1, 0.15) is 6.04 Å². The largest absolute Gasteiger partial charge is 0.395 e. The van der Waals surface area contributed by atoms with E-state index in [2.05, 4.69) is 16.0 Å². The van der Waals surface area contributed by atoms with E-state index in [9.17, 15) is 14.4 Å². The summed E-state index contributed by atoms with van der Waals surface area (Å²) in [5, 5.41) is 25.3. The van der Waals surface area contributed by atoms with E-state index in [-0.39, 0.29) is 25.6 Å². The second-order valence-electron chi connectivity index (χ2n) is 6.34. The maximum absolute atomic E-state index is 12.2. The van der Waals surface area contributed by atoms with Gasteiger partial charge in [-0.15, -0.1) is 0 Å². The van der Waals surface area contributed by atoms with Gasteiger partial charge in [0, 0.05) is 24.3 Å². The lowest BCUT2D eigenvalue weighted by Crippen LogP contribution is -2.50. The van der Waals surface area contributed by atoms with Gasteiger partial charge >= 0.3 is 0 Å². The van der Waals surface area contributed by atoms with E-state index in [1.54, 1.807) is 36.4 Å². The number of hydrogen-bond acceptors (Lipinski definition) is 7. The molecule has 0 aliphatic rings. The molecule has 0 saturated heterocycles. The third-order valence-electron chi connectivity index (χ3n) is 4.19. The Morgan fingerprint density at radius 3 is 2.10 bits per heavy atom. The minimum absolute atomic E-state index is 0.0337. The van der Waals surface area contributed by atoms with Crippen molar-refractivity contribution in [2.75, 3.05) is 31.6 Å². The van der Waals surface area contributed by atoms with Crippen LogP contribution in [0, 0.1) is 0 Å². The van der Waals surface area contributed by atoms with Crippen molar-refractivity contribution in [3.05, 3.63) is 54.1 Å². The molecular formula is C20H25N5O5. The molecule has 0 saturated carbocycles. The van der Waals surface area contributed by atoms with Gasteiger partial charge in [-0.25, -0.2) is 5.48 Å². The Morgan fingerprint density at radius 1 is 0.967 bits per heavy atom. The van der Waals surface area contributed by atoms with E-state index in [1.807, 2.05) is 12.1 Å². The first-order valence-electron chi connectivity index (χ1n) is 9.25. The molecule has 0 aliphatic heterocycles. The maximum atomic E-state index is 12.2. The van der Waals surface area contributed by atoms with Crippen LogP contribution in [0.5, 0.6) is 0 Å². The normalized spacial score (nSPS) is 11.4. The van der Waals surface area contributed by atoms with E-state index < -0.39 is 17.9 Å². The fourth-order valence-electron chi connectivity index (χ4n) is 2.60. The van der Waals surface area contributed by atoms with Crippen molar-refractivity contribution in [1.82, 2.24) is 16.1 Å². The molecule has 0 fully saturated rings. The molecule has 30 heavy (non-hydrogen) atoms. The Morgan fingerprint density at radius 2 is 1.57 bits per heavy atom. The van der Waals surface area contributed by atoms with E-state index in [0.29, 0.717) is 17.8 Å². The van der Waals surface area contributed by atoms with Gasteiger partial charge in [0.15, 0.2) is 0 Å².